The Morgan fingerprint density at radius 3 is 3.36 bits per heavy atom. The first-order chi connectivity index (χ1) is 6.90. The fourth-order valence-corrected chi connectivity index (χ4v) is 4.11. The number of aryl methyl sites for hydroxylation is 1. The second-order valence-corrected chi connectivity index (χ2v) is 5.62. The van der Waals surface area contributed by atoms with Crippen molar-refractivity contribution in [2.45, 2.75) is 25.2 Å². The van der Waals surface area contributed by atoms with Crippen molar-refractivity contribution in [3.05, 3.63) is 21.9 Å². The Labute approximate surface area is 89.5 Å². The first-order valence-electron chi connectivity index (χ1n) is 5.61. The largest absolute Gasteiger partial charge is 0.319 e. The summed E-state index contributed by atoms with van der Waals surface area (Å²) in [5.41, 5.74) is 1.64. The third kappa shape index (κ3) is 1.32. The molecule has 1 fully saturated rings. The number of thiophene rings is 1. The summed E-state index contributed by atoms with van der Waals surface area (Å²) in [5.74, 6) is 2.87. The van der Waals surface area contributed by atoms with Gasteiger partial charge in [-0.2, -0.15) is 0 Å². The molecular formula is C12H17NS. The zero-order valence-electron chi connectivity index (χ0n) is 8.62. The summed E-state index contributed by atoms with van der Waals surface area (Å²) in [5, 5.41) is 5.63. The van der Waals surface area contributed by atoms with Crippen LogP contribution in [0.5, 0.6) is 0 Å². The normalized spacial score (nSPS) is 34.5. The van der Waals surface area contributed by atoms with Crippen molar-refractivity contribution in [1.29, 1.82) is 0 Å². The van der Waals surface area contributed by atoms with Crippen molar-refractivity contribution in [2.75, 3.05) is 13.6 Å². The lowest BCUT2D eigenvalue weighted by molar-refractivity contribution is 0.539. The highest BCUT2D eigenvalue weighted by molar-refractivity contribution is 7.10. The second-order valence-electron chi connectivity index (χ2n) is 4.67. The van der Waals surface area contributed by atoms with Crippen molar-refractivity contribution in [3.8, 4) is 0 Å². The number of rotatable bonds is 2. The Kier molecular flexibility index (Phi) is 2.14. The molecule has 1 heterocycles. The van der Waals surface area contributed by atoms with Gasteiger partial charge in [-0.15, -0.1) is 11.3 Å². The smallest absolute Gasteiger partial charge is 0.0124 e. The molecule has 0 bridgehead atoms. The van der Waals surface area contributed by atoms with Crippen molar-refractivity contribution in [3.63, 3.8) is 0 Å². The summed E-state index contributed by atoms with van der Waals surface area (Å²) in [7, 11) is 2.08. The summed E-state index contributed by atoms with van der Waals surface area (Å²) in [6, 6.07) is 2.34. The Morgan fingerprint density at radius 1 is 1.57 bits per heavy atom. The van der Waals surface area contributed by atoms with Crippen LogP contribution in [0.25, 0.3) is 0 Å². The second kappa shape index (κ2) is 3.35. The number of hydrogen-bond acceptors (Lipinski definition) is 2. The van der Waals surface area contributed by atoms with Gasteiger partial charge >= 0.3 is 0 Å². The first kappa shape index (κ1) is 8.93. The van der Waals surface area contributed by atoms with Gasteiger partial charge < -0.3 is 5.32 Å². The van der Waals surface area contributed by atoms with Crippen LogP contribution in [0.2, 0.25) is 0 Å². The maximum atomic E-state index is 3.36. The molecule has 0 spiro atoms. The third-order valence-electron chi connectivity index (χ3n) is 3.82. The van der Waals surface area contributed by atoms with Crippen LogP contribution >= 0.6 is 11.3 Å². The molecule has 1 aromatic heterocycles. The van der Waals surface area contributed by atoms with E-state index in [9.17, 15) is 0 Å². The summed E-state index contributed by atoms with van der Waals surface area (Å²) in [4.78, 5) is 1.68. The van der Waals surface area contributed by atoms with Gasteiger partial charge in [0.15, 0.2) is 0 Å². The summed E-state index contributed by atoms with van der Waals surface area (Å²) in [6.45, 7) is 1.18. The predicted molar refractivity (Wildman–Crippen MR) is 60.9 cm³/mol. The van der Waals surface area contributed by atoms with Gasteiger partial charge in [0, 0.05) is 17.3 Å². The van der Waals surface area contributed by atoms with Gasteiger partial charge in [0.25, 0.3) is 0 Å². The lowest BCUT2D eigenvalue weighted by atomic mass is 9.99. The molecule has 2 unspecified atom stereocenters. The number of fused-ring (bicyclic) bond motifs is 2. The molecule has 0 aliphatic heterocycles. The molecule has 76 valence electrons. The number of nitrogens with one attached hydrogen (secondary N) is 1. The van der Waals surface area contributed by atoms with Gasteiger partial charge in [-0.1, -0.05) is 0 Å². The summed E-state index contributed by atoms with van der Waals surface area (Å²) >= 11 is 1.98. The quantitative estimate of drug-likeness (QED) is 0.786. The maximum Gasteiger partial charge on any atom is 0.0124 e. The van der Waals surface area contributed by atoms with Crippen LogP contribution < -0.4 is 5.32 Å². The molecule has 14 heavy (non-hydrogen) atoms. The van der Waals surface area contributed by atoms with Crippen molar-refractivity contribution >= 4 is 11.3 Å². The summed E-state index contributed by atoms with van der Waals surface area (Å²) < 4.78 is 0. The highest BCUT2D eigenvalue weighted by Crippen LogP contribution is 2.54. The maximum absolute atomic E-state index is 3.36. The average Bonchev–Trinajstić information content (AvgIpc) is 2.83. The molecule has 1 saturated carbocycles. The molecule has 1 nitrogen and oxygen atoms in total. The minimum absolute atomic E-state index is 0.822. The van der Waals surface area contributed by atoms with Crippen LogP contribution in [0.3, 0.4) is 0 Å². The highest BCUT2D eigenvalue weighted by atomic mass is 32.1. The number of hydrogen-bond donors (Lipinski definition) is 1. The van der Waals surface area contributed by atoms with Crippen molar-refractivity contribution in [1.82, 2.24) is 5.32 Å². The molecule has 2 heteroatoms. The lowest BCUT2D eigenvalue weighted by Gasteiger charge is -2.14. The van der Waals surface area contributed by atoms with E-state index in [1.54, 1.807) is 10.4 Å². The molecule has 2 aliphatic rings. The van der Waals surface area contributed by atoms with E-state index < -0.39 is 0 Å². The van der Waals surface area contributed by atoms with Crippen LogP contribution in [0.15, 0.2) is 11.4 Å². The van der Waals surface area contributed by atoms with Gasteiger partial charge in [-0.05, 0) is 55.2 Å². The molecule has 1 aromatic rings. The van der Waals surface area contributed by atoms with E-state index in [2.05, 4.69) is 23.8 Å². The average molecular weight is 207 g/mol. The van der Waals surface area contributed by atoms with Crippen LogP contribution in [-0.2, 0) is 6.42 Å². The molecule has 0 amide bonds. The molecule has 0 aromatic carbocycles. The summed E-state index contributed by atoms with van der Waals surface area (Å²) in [6.07, 6.45) is 4.26. The van der Waals surface area contributed by atoms with Gasteiger partial charge in [0.05, 0.1) is 0 Å². The molecule has 2 aliphatic carbocycles. The Hall–Kier alpha value is -0.340. The van der Waals surface area contributed by atoms with E-state index in [4.69, 9.17) is 0 Å². The molecule has 0 saturated heterocycles. The van der Waals surface area contributed by atoms with Crippen LogP contribution in [-0.4, -0.2) is 13.6 Å². The van der Waals surface area contributed by atoms with Gasteiger partial charge in [0.1, 0.15) is 0 Å². The van der Waals surface area contributed by atoms with E-state index >= 15 is 0 Å². The third-order valence-corrected chi connectivity index (χ3v) is 4.91. The van der Waals surface area contributed by atoms with Crippen LogP contribution in [0, 0.1) is 11.8 Å². The minimum Gasteiger partial charge on any atom is -0.319 e. The minimum atomic E-state index is 0.822. The van der Waals surface area contributed by atoms with Gasteiger partial charge in [-0.25, -0.2) is 0 Å². The SMILES string of the molecule is CNCC1c2sccc2CC[C@@H]2CC12. The van der Waals surface area contributed by atoms with E-state index in [0.717, 1.165) is 17.8 Å². The predicted octanol–water partition coefficient (Wildman–Crippen LogP) is 2.63. The van der Waals surface area contributed by atoms with E-state index in [1.807, 2.05) is 11.3 Å². The first-order valence-corrected chi connectivity index (χ1v) is 6.49. The van der Waals surface area contributed by atoms with Crippen LogP contribution in [0.4, 0.5) is 0 Å². The van der Waals surface area contributed by atoms with E-state index in [1.165, 1.54) is 25.8 Å². The van der Waals surface area contributed by atoms with Crippen molar-refractivity contribution in [2.24, 2.45) is 11.8 Å². The standard InChI is InChI=1S/C12H17NS/c1-13-7-11-10-6-9(10)3-2-8-4-5-14-12(8)11/h4-5,9-11,13H,2-3,6-7H2,1H3/t9-,10?,11?/m1/s1. The highest BCUT2D eigenvalue weighted by Gasteiger charge is 2.45. The molecular weight excluding hydrogens is 190 g/mol. The van der Waals surface area contributed by atoms with Crippen LogP contribution in [0.1, 0.15) is 29.2 Å². The van der Waals surface area contributed by atoms with Crippen molar-refractivity contribution < 1.29 is 0 Å². The fraction of sp³-hybridized carbons (Fsp3) is 0.667. The monoisotopic (exact) mass is 207 g/mol. The Morgan fingerprint density at radius 2 is 2.50 bits per heavy atom. The number of likely N-dealkylation sites (N-methyl/N-ethyl adjacent to an activating group) is 1. The van der Waals surface area contributed by atoms with E-state index in [0.29, 0.717) is 0 Å². The Balaban J connectivity index is 1.93. The van der Waals surface area contributed by atoms with Gasteiger partial charge in [-0.3, -0.25) is 0 Å². The zero-order chi connectivity index (χ0) is 9.54. The van der Waals surface area contributed by atoms with Gasteiger partial charge in [0.2, 0.25) is 0 Å². The molecule has 0 radical (unpaired) electrons. The molecule has 3 rings (SSSR count). The lowest BCUT2D eigenvalue weighted by Crippen LogP contribution is -2.18. The molecule has 3 atom stereocenters. The fourth-order valence-electron chi connectivity index (χ4n) is 2.97. The molecule has 1 N–H and O–H groups in total. The topological polar surface area (TPSA) is 12.0 Å². The van der Waals surface area contributed by atoms with E-state index in [-0.39, 0.29) is 0 Å². The Bertz CT molecular complexity index is 331. The zero-order valence-corrected chi connectivity index (χ0v) is 9.44.